The van der Waals surface area contributed by atoms with Gasteiger partial charge in [-0.2, -0.15) is 0 Å². The van der Waals surface area contributed by atoms with Crippen molar-refractivity contribution < 1.29 is 14.0 Å². The third kappa shape index (κ3) is 5.18. The van der Waals surface area contributed by atoms with Crippen LogP contribution in [-0.2, 0) is 4.79 Å². The fraction of sp³-hybridized carbons (Fsp3) is 0.529. The highest BCUT2D eigenvalue weighted by Crippen LogP contribution is 2.17. The molecule has 1 aromatic carbocycles. The normalized spacial score (nSPS) is 16.1. The Morgan fingerprint density at radius 3 is 2.42 bits per heavy atom. The van der Waals surface area contributed by atoms with Gasteiger partial charge in [0.2, 0.25) is 5.91 Å². The highest BCUT2D eigenvalue weighted by Gasteiger charge is 2.25. The van der Waals surface area contributed by atoms with E-state index in [-0.39, 0.29) is 22.9 Å². The molecule has 2 rings (SSSR count). The van der Waals surface area contributed by atoms with Crippen molar-refractivity contribution in [1.29, 1.82) is 0 Å². The van der Waals surface area contributed by atoms with Gasteiger partial charge in [0, 0.05) is 36.7 Å². The molecule has 0 atom stereocenters. The van der Waals surface area contributed by atoms with E-state index in [4.69, 9.17) is 11.6 Å². The number of nitrogens with zero attached hydrogens (tertiary/aromatic N) is 2. The Morgan fingerprint density at radius 2 is 1.83 bits per heavy atom. The van der Waals surface area contributed by atoms with E-state index in [1.54, 1.807) is 4.90 Å². The van der Waals surface area contributed by atoms with E-state index in [0.717, 1.165) is 0 Å². The Labute approximate surface area is 146 Å². The molecule has 0 aliphatic carbocycles. The highest BCUT2D eigenvalue weighted by molar-refractivity contribution is 6.31. The lowest BCUT2D eigenvalue weighted by molar-refractivity contribution is -0.124. The van der Waals surface area contributed by atoms with E-state index >= 15 is 0 Å². The van der Waals surface area contributed by atoms with Gasteiger partial charge >= 0.3 is 0 Å². The molecule has 1 aliphatic heterocycles. The second kappa shape index (κ2) is 7.49. The number of amides is 2. The highest BCUT2D eigenvalue weighted by atomic mass is 35.5. The largest absolute Gasteiger partial charge is 0.350 e. The summed E-state index contributed by atoms with van der Waals surface area (Å²) in [5.41, 5.74) is -0.277. The lowest BCUT2D eigenvalue weighted by Crippen LogP contribution is -2.52. The first-order valence-corrected chi connectivity index (χ1v) is 8.31. The van der Waals surface area contributed by atoms with Crippen LogP contribution >= 0.6 is 11.6 Å². The summed E-state index contributed by atoms with van der Waals surface area (Å²) in [6.45, 7) is 8.14. The van der Waals surface area contributed by atoms with Crippen molar-refractivity contribution in [2.45, 2.75) is 26.3 Å². The van der Waals surface area contributed by atoms with E-state index in [1.807, 2.05) is 25.7 Å². The Balaban J connectivity index is 1.89. The molecule has 1 fully saturated rings. The fourth-order valence-corrected chi connectivity index (χ4v) is 2.77. The van der Waals surface area contributed by atoms with Gasteiger partial charge in [-0.15, -0.1) is 0 Å². The number of rotatable bonds is 3. The predicted octanol–water partition coefficient (Wildman–Crippen LogP) is 2.15. The molecule has 132 valence electrons. The van der Waals surface area contributed by atoms with Gasteiger partial charge in [0.25, 0.3) is 5.91 Å². The second-order valence-corrected chi connectivity index (χ2v) is 7.43. The third-order valence-corrected chi connectivity index (χ3v) is 3.94. The smallest absolute Gasteiger partial charge is 0.256 e. The Bertz CT molecular complexity index is 623. The summed E-state index contributed by atoms with van der Waals surface area (Å²) >= 11 is 5.84. The minimum Gasteiger partial charge on any atom is -0.350 e. The molecule has 5 nitrogen and oxygen atoms in total. The Morgan fingerprint density at radius 1 is 1.21 bits per heavy atom. The van der Waals surface area contributed by atoms with Crippen LogP contribution in [0.25, 0.3) is 0 Å². The standard InChI is InChI=1S/C17H23ClFN3O2/c1-17(2,3)20-15(23)11-21-6-8-22(9-7-21)16(24)13-10-12(18)4-5-14(13)19/h4-5,10H,6-9,11H2,1-3H3,(H,20,23). The van der Waals surface area contributed by atoms with Crippen LogP contribution in [-0.4, -0.2) is 59.9 Å². The van der Waals surface area contributed by atoms with Gasteiger partial charge in [0.1, 0.15) is 5.82 Å². The second-order valence-electron chi connectivity index (χ2n) is 6.99. The number of carbonyl (C=O) groups is 2. The molecular weight excluding hydrogens is 333 g/mol. The lowest BCUT2D eigenvalue weighted by atomic mass is 10.1. The molecule has 0 aromatic heterocycles. The minimum atomic E-state index is -0.573. The summed E-state index contributed by atoms with van der Waals surface area (Å²) in [5.74, 6) is -0.978. The number of piperazine rings is 1. The van der Waals surface area contributed by atoms with Crippen LogP contribution in [0.2, 0.25) is 5.02 Å². The maximum absolute atomic E-state index is 13.8. The zero-order valence-electron chi connectivity index (χ0n) is 14.2. The fourth-order valence-electron chi connectivity index (χ4n) is 2.60. The molecular formula is C17H23ClFN3O2. The first kappa shape index (κ1) is 18.7. The Kier molecular flexibility index (Phi) is 5.83. The molecule has 0 bridgehead atoms. The predicted molar refractivity (Wildman–Crippen MR) is 91.6 cm³/mol. The number of benzene rings is 1. The van der Waals surface area contributed by atoms with E-state index in [1.165, 1.54) is 18.2 Å². The minimum absolute atomic E-state index is 0.0126. The topological polar surface area (TPSA) is 52.7 Å². The van der Waals surface area contributed by atoms with Gasteiger partial charge in [-0.1, -0.05) is 11.6 Å². The van der Waals surface area contributed by atoms with Crippen LogP contribution in [0, 0.1) is 5.82 Å². The van der Waals surface area contributed by atoms with Crippen LogP contribution in [0.3, 0.4) is 0 Å². The van der Waals surface area contributed by atoms with Gasteiger partial charge in [0.05, 0.1) is 12.1 Å². The summed E-state index contributed by atoms with van der Waals surface area (Å²) in [5, 5.41) is 3.25. The third-order valence-electron chi connectivity index (χ3n) is 3.70. The maximum Gasteiger partial charge on any atom is 0.256 e. The molecule has 0 unspecified atom stereocenters. The van der Waals surface area contributed by atoms with Crippen molar-refractivity contribution >= 4 is 23.4 Å². The van der Waals surface area contributed by atoms with Crippen molar-refractivity contribution in [3.63, 3.8) is 0 Å². The van der Waals surface area contributed by atoms with Crippen molar-refractivity contribution in [2.24, 2.45) is 0 Å². The zero-order chi connectivity index (χ0) is 17.9. The monoisotopic (exact) mass is 355 g/mol. The van der Waals surface area contributed by atoms with Crippen molar-refractivity contribution in [1.82, 2.24) is 15.1 Å². The maximum atomic E-state index is 13.8. The van der Waals surface area contributed by atoms with Gasteiger partial charge < -0.3 is 10.2 Å². The van der Waals surface area contributed by atoms with Crippen LogP contribution in [0.4, 0.5) is 4.39 Å². The van der Waals surface area contributed by atoms with Crippen LogP contribution in [0.1, 0.15) is 31.1 Å². The Hall–Kier alpha value is -1.66. The number of halogens is 2. The number of hydrogen-bond donors (Lipinski definition) is 1. The van der Waals surface area contributed by atoms with Gasteiger partial charge in [0.15, 0.2) is 0 Å². The SMILES string of the molecule is CC(C)(C)NC(=O)CN1CCN(C(=O)c2cc(Cl)ccc2F)CC1. The molecule has 1 saturated heterocycles. The summed E-state index contributed by atoms with van der Waals surface area (Å²) in [6, 6.07) is 3.96. The first-order valence-electron chi connectivity index (χ1n) is 7.93. The van der Waals surface area contributed by atoms with Crippen molar-refractivity contribution in [3.05, 3.63) is 34.6 Å². The molecule has 24 heavy (non-hydrogen) atoms. The molecule has 0 spiro atoms. The van der Waals surface area contributed by atoms with Crippen LogP contribution in [0.15, 0.2) is 18.2 Å². The quantitative estimate of drug-likeness (QED) is 0.904. The molecule has 7 heteroatoms. The van der Waals surface area contributed by atoms with E-state index in [2.05, 4.69) is 5.32 Å². The van der Waals surface area contributed by atoms with E-state index in [9.17, 15) is 14.0 Å². The first-order chi connectivity index (χ1) is 11.2. The number of hydrogen-bond acceptors (Lipinski definition) is 3. The summed E-state index contributed by atoms with van der Waals surface area (Å²) < 4.78 is 13.8. The summed E-state index contributed by atoms with van der Waals surface area (Å²) in [7, 11) is 0. The molecule has 1 N–H and O–H groups in total. The number of carbonyl (C=O) groups excluding carboxylic acids is 2. The molecule has 0 radical (unpaired) electrons. The molecule has 0 saturated carbocycles. The zero-order valence-corrected chi connectivity index (χ0v) is 15.0. The lowest BCUT2D eigenvalue weighted by Gasteiger charge is -2.35. The van der Waals surface area contributed by atoms with Gasteiger partial charge in [-0.3, -0.25) is 14.5 Å². The van der Waals surface area contributed by atoms with Gasteiger partial charge in [-0.05, 0) is 39.0 Å². The van der Waals surface area contributed by atoms with Crippen molar-refractivity contribution in [2.75, 3.05) is 32.7 Å². The summed E-state index contributed by atoms with van der Waals surface area (Å²) in [4.78, 5) is 27.9. The van der Waals surface area contributed by atoms with E-state index < -0.39 is 5.82 Å². The average molecular weight is 356 g/mol. The van der Waals surface area contributed by atoms with Crippen LogP contribution < -0.4 is 5.32 Å². The van der Waals surface area contributed by atoms with E-state index in [0.29, 0.717) is 37.7 Å². The van der Waals surface area contributed by atoms with Gasteiger partial charge in [-0.25, -0.2) is 4.39 Å². The average Bonchev–Trinajstić information content (AvgIpc) is 2.48. The molecule has 2 amide bonds. The number of nitrogens with one attached hydrogen (secondary N) is 1. The molecule has 1 aliphatic rings. The molecule has 1 heterocycles. The summed E-state index contributed by atoms with van der Waals surface area (Å²) in [6.07, 6.45) is 0. The van der Waals surface area contributed by atoms with Crippen molar-refractivity contribution in [3.8, 4) is 0 Å². The molecule has 1 aromatic rings. The van der Waals surface area contributed by atoms with Crippen LogP contribution in [0.5, 0.6) is 0 Å².